The van der Waals surface area contributed by atoms with Gasteiger partial charge in [-0.3, -0.25) is 14.8 Å². The maximum absolute atomic E-state index is 12.5. The molecular weight excluding hydrogens is 252 g/mol. The van der Waals surface area contributed by atoms with E-state index in [2.05, 4.69) is 9.97 Å². The van der Waals surface area contributed by atoms with Crippen molar-refractivity contribution in [3.05, 3.63) is 65.5 Å². The zero-order valence-corrected chi connectivity index (χ0v) is 10.9. The Hall–Kier alpha value is -2.75. The van der Waals surface area contributed by atoms with Crippen molar-refractivity contribution < 1.29 is 9.90 Å². The molecule has 0 saturated carbocycles. The van der Waals surface area contributed by atoms with E-state index in [0.717, 1.165) is 5.52 Å². The molecule has 0 aliphatic carbocycles. The average Bonchev–Trinajstić information content (AvgIpc) is 2.49. The minimum absolute atomic E-state index is 0.122. The van der Waals surface area contributed by atoms with E-state index in [1.807, 2.05) is 0 Å². The van der Waals surface area contributed by atoms with Crippen molar-refractivity contribution in [2.75, 3.05) is 0 Å². The number of hydrogen-bond acceptors (Lipinski definition) is 4. The molecule has 0 aliphatic rings. The third kappa shape index (κ3) is 2.01. The van der Waals surface area contributed by atoms with E-state index in [9.17, 15) is 9.90 Å². The smallest absolute Gasteiger partial charge is 0.193 e. The summed E-state index contributed by atoms with van der Waals surface area (Å²) in [5.41, 5.74) is 3.03. The van der Waals surface area contributed by atoms with E-state index >= 15 is 0 Å². The molecule has 0 atom stereocenters. The van der Waals surface area contributed by atoms with Crippen LogP contribution >= 0.6 is 0 Å². The van der Waals surface area contributed by atoms with Crippen LogP contribution in [0.2, 0.25) is 0 Å². The van der Waals surface area contributed by atoms with Crippen molar-refractivity contribution in [1.29, 1.82) is 0 Å². The molecule has 0 fully saturated rings. The summed E-state index contributed by atoms with van der Waals surface area (Å²) in [6.07, 6.45) is 3.21. The van der Waals surface area contributed by atoms with Gasteiger partial charge < -0.3 is 5.11 Å². The molecule has 2 aromatic carbocycles. The second-order valence-electron chi connectivity index (χ2n) is 4.54. The molecule has 3 rings (SSSR count). The predicted octanol–water partition coefficient (Wildman–Crippen LogP) is 2.87. The van der Waals surface area contributed by atoms with Gasteiger partial charge in [-0.05, 0) is 31.2 Å². The number of carbonyl (C=O) groups is 1. The molecule has 0 saturated heterocycles. The third-order valence-corrected chi connectivity index (χ3v) is 3.28. The fourth-order valence-corrected chi connectivity index (χ4v) is 2.13. The molecule has 0 bridgehead atoms. The van der Waals surface area contributed by atoms with E-state index < -0.39 is 0 Å². The van der Waals surface area contributed by atoms with E-state index in [1.54, 1.807) is 55.7 Å². The lowest BCUT2D eigenvalue weighted by atomic mass is 9.98. The van der Waals surface area contributed by atoms with Gasteiger partial charge in [0.25, 0.3) is 0 Å². The summed E-state index contributed by atoms with van der Waals surface area (Å²) in [6, 6.07) is 10.2. The standard InChI is InChI=1S/C16H12N2O2/c1-10-12(3-2-4-15(10)19)16(20)11-5-6-13-14(9-11)18-8-7-17-13/h2-9,19H,1H3. The number of fused-ring (bicyclic) bond motifs is 1. The van der Waals surface area contributed by atoms with Gasteiger partial charge in [0.1, 0.15) is 5.75 Å². The van der Waals surface area contributed by atoms with Gasteiger partial charge in [0.2, 0.25) is 0 Å². The molecule has 4 heteroatoms. The molecule has 1 N–H and O–H groups in total. The summed E-state index contributed by atoms with van der Waals surface area (Å²) >= 11 is 0. The number of rotatable bonds is 2. The number of aromatic hydroxyl groups is 1. The van der Waals surface area contributed by atoms with Gasteiger partial charge in [-0.15, -0.1) is 0 Å². The van der Waals surface area contributed by atoms with Gasteiger partial charge in [0.05, 0.1) is 11.0 Å². The highest BCUT2D eigenvalue weighted by atomic mass is 16.3. The van der Waals surface area contributed by atoms with Crippen molar-refractivity contribution >= 4 is 16.8 Å². The Labute approximate surface area is 115 Å². The topological polar surface area (TPSA) is 63.1 Å². The SMILES string of the molecule is Cc1c(O)cccc1C(=O)c1ccc2nccnc2c1. The van der Waals surface area contributed by atoms with E-state index in [1.165, 1.54) is 0 Å². The molecule has 1 aromatic heterocycles. The van der Waals surface area contributed by atoms with Crippen LogP contribution in [0, 0.1) is 6.92 Å². The lowest BCUT2D eigenvalue weighted by Gasteiger charge is -2.07. The van der Waals surface area contributed by atoms with Crippen LogP contribution in [0.1, 0.15) is 21.5 Å². The van der Waals surface area contributed by atoms with E-state index in [-0.39, 0.29) is 11.5 Å². The Morgan fingerprint density at radius 1 is 1.05 bits per heavy atom. The van der Waals surface area contributed by atoms with Gasteiger partial charge in [-0.25, -0.2) is 0 Å². The van der Waals surface area contributed by atoms with Crippen LogP contribution < -0.4 is 0 Å². The van der Waals surface area contributed by atoms with Gasteiger partial charge >= 0.3 is 0 Å². The lowest BCUT2D eigenvalue weighted by molar-refractivity contribution is 0.103. The van der Waals surface area contributed by atoms with Crippen LogP contribution in [0.15, 0.2) is 48.8 Å². The largest absolute Gasteiger partial charge is 0.508 e. The van der Waals surface area contributed by atoms with Crippen molar-refractivity contribution in [3.8, 4) is 5.75 Å². The summed E-state index contributed by atoms with van der Waals surface area (Å²) in [4.78, 5) is 20.9. The summed E-state index contributed by atoms with van der Waals surface area (Å²) in [6.45, 7) is 1.73. The first-order chi connectivity index (χ1) is 9.66. The van der Waals surface area contributed by atoms with Crippen LogP contribution in [0.4, 0.5) is 0 Å². The van der Waals surface area contributed by atoms with Crippen molar-refractivity contribution in [3.63, 3.8) is 0 Å². The van der Waals surface area contributed by atoms with E-state index in [0.29, 0.717) is 22.2 Å². The first-order valence-corrected chi connectivity index (χ1v) is 6.21. The molecule has 0 aliphatic heterocycles. The molecule has 20 heavy (non-hydrogen) atoms. The van der Waals surface area contributed by atoms with Gasteiger partial charge in [-0.1, -0.05) is 12.1 Å². The highest BCUT2D eigenvalue weighted by Gasteiger charge is 2.14. The Morgan fingerprint density at radius 2 is 1.80 bits per heavy atom. The molecule has 3 aromatic rings. The zero-order valence-electron chi connectivity index (χ0n) is 10.9. The highest BCUT2D eigenvalue weighted by molar-refractivity contribution is 6.11. The number of aromatic nitrogens is 2. The molecular formula is C16H12N2O2. The second kappa shape index (κ2) is 4.74. The van der Waals surface area contributed by atoms with Crippen LogP contribution in [0.25, 0.3) is 11.0 Å². The minimum atomic E-state index is -0.133. The average molecular weight is 264 g/mol. The van der Waals surface area contributed by atoms with Gasteiger partial charge in [-0.2, -0.15) is 0 Å². The van der Waals surface area contributed by atoms with Crippen LogP contribution in [0.5, 0.6) is 5.75 Å². The second-order valence-corrected chi connectivity index (χ2v) is 4.54. The molecule has 0 radical (unpaired) electrons. The monoisotopic (exact) mass is 264 g/mol. The molecule has 0 unspecified atom stereocenters. The molecule has 98 valence electrons. The number of phenolic OH excluding ortho intramolecular Hbond substituents is 1. The zero-order chi connectivity index (χ0) is 14.1. The molecule has 0 spiro atoms. The molecule has 0 amide bonds. The van der Waals surface area contributed by atoms with Crippen LogP contribution in [-0.2, 0) is 0 Å². The number of nitrogens with zero attached hydrogens (tertiary/aromatic N) is 2. The first-order valence-electron chi connectivity index (χ1n) is 6.21. The fraction of sp³-hybridized carbons (Fsp3) is 0.0625. The van der Waals surface area contributed by atoms with Crippen molar-refractivity contribution in [2.24, 2.45) is 0 Å². The first kappa shape index (κ1) is 12.3. The van der Waals surface area contributed by atoms with Gasteiger partial charge in [0.15, 0.2) is 5.78 Å². The number of benzene rings is 2. The Kier molecular flexibility index (Phi) is 2.91. The number of hydrogen-bond donors (Lipinski definition) is 1. The third-order valence-electron chi connectivity index (χ3n) is 3.28. The summed E-state index contributed by atoms with van der Waals surface area (Å²) in [5.74, 6) is -0.0117. The molecule has 4 nitrogen and oxygen atoms in total. The van der Waals surface area contributed by atoms with Crippen molar-refractivity contribution in [1.82, 2.24) is 9.97 Å². The number of ketones is 1. The van der Waals surface area contributed by atoms with Crippen LogP contribution in [-0.4, -0.2) is 20.9 Å². The Morgan fingerprint density at radius 3 is 2.60 bits per heavy atom. The summed E-state index contributed by atoms with van der Waals surface area (Å²) in [7, 11) is 0. The summed E-state index contributed by atoms with van der Waals surface area (Å²) in [5, 5.41) is 9.69. The number of phenols is 1. The highest BCUT2D eigenvalue weighted by Crippen LogP contribution is 2.23. The summed E-state index contributed by atoms with van der Waals surface area (Å²) < 4.78 is 0. The maximum Gasteiger partial charge on any atom is 0.193 e. The predicted molar refractivity (Wildman–Crippen MR) is 75.8 cm³/mol. The number of carbonyl (C=O) groups excluding carboxylic acids is 1. The maximum atomic E-state index is 12.5. The minimum Gasteiger partial charge on any atom is -0.508 e. The van der Waals surface area contributed by atoms with Crippen LogP contribution in [0.3, 0.4) is 0 Å². The van der Waals surface area contributed by atoms with Gasteiger partial charge in [0, 0.05) is 29.1 Å². The molecule has 1 heterocycles. The van der Waals surface area contributed by atoms with E-state index in [4.69, 9.17) is 0 Å². The Balaban J connectivity index is 2.10. The fourth-order valence-electron chi connectivity index (χ4n) is 2.13. The lowest BCUT2D eigenvalue weighted by Crippen LogP contribution is -2.04. The quantitative estimate of drug-likeness (QED) is 0.723. The normalized spacial score (nSPS) is 10.7. The Bertz CT molecular complexity index is 812. The van der Waals surface area contributed by atoms with Crippen molar-refractivity contribution in [2.45, 2.75) is 6.92 Å².